The maximum atomic E-state index is 14.0. The van der Waals surface area contributed by atoms with Crippen molar-refractivity contribution in [3.05, 3.63) is 84.4 Å². The van der Waals surface area contributed by atoms with Gasteiger partial charge in [0.15, 0.2) is 6.61 Å². The number of H-pyrrole nitrogens is 1. The summed E-state index contributed by atoms with van der Waals surface area (Å²) >= 11 is 0. The fourth-order valence-corrected chi connectivity index (χ4v) is 6.30. The van der Waals surface area contributed by atoms with E-state index in [4.69, 9.17) is 9.47 Å². The number of nitrogens with zero attached hydrogens (tertiary/aromatic N) is 1. The number of hydrogen-bond acceptors (Lipinski definition) is 9. The molecule has 56 heavy (non-hydrogen) atoms. The van der Waals surface area contributed by atoms with Gasteiger partial charge < -0.3 is 40.8 Å². The van der Waals surface area contributed by atoms with Gasteiger partial charge in [-0.3, -0.25) is 24.0 Å². The van der Waals surface area contributed by atoms with E-state index in [9.17, 15) is 29.1 Å². The highest BCUT2D eigenvalue weighted by Gasteiger charge is 2.35. The first-order chi connectivity index (χ1) is 26.7. The Morgan fingerprint density at radius 1 is 0.839 bits per heavy atom. The zero-order valence-electron chi connectivity index (χ0n) is 33.6. The molecule has 0 saturated carbocycles. The van der Waals surface area contributed by atoms with Crippen LogP contribution in [-0.4, -0.2) is 82.1 Å². The second-order valence-electron chi connectivity index (χ2n) is 15.0. The predicted octanol–water partition coefficient (Wildman–Crippen LogP) is 4.02. The molecule has 6 N–H and O–H groups in total. The summed E-state index contributed by atoms with van der Waals surface area (Å²) in [5.41, 5.74) is 1.34. The summed E-state index contributed by atoms with van der Waals surface area (Å²) in [4.78, 5) is 73.2. The molecule has 0 saturated heterocycles. The van der Waals surface area contributed by atoms with E-state index in [1.807, 2.05) is 65.8 Å². The molecule has 0 aliphatic rings. The lowest BCUT2D eigenvalue weighted by Gasteiger charge is -2.32. The third-order valence-corrected chi connectivity index (χ3v) is 9.63. The van der Waals surface area contributed by atoms with Crippen molar-refractivity contribution in [3.8, 4) is 5.75 Å². The van der Waals surface area contributed by atoms with Crippen molar-refractivity contribution in [2.24, 2.45) is 23.7 Å². The highest BCUT2D eigenvalue weighted by Crippen LogP contribution is 2.23. The Bertz CT molecular complexity index is 1650. The number of rotatable bonds is 23. The molecule has 7 unspecified atom stereocenters. The number of ether oxygens (including phenoxy) is 2. The number of esters is 1. The highest BCUT2D eigenvalue weighted by molar-refractivity contribution is 5.89. The zero-order chi connectivity index (χ0) is 41.2. The summed E-state index contributed by atoms with van der Waals surface area (Å²) in [7, 11) is 0. The van der Waals surface area contributed by atoms with E-state index in [1.165, 1.54) is 13.3 Å². The van der Waals surface area contributed by atoms with Gasteiger partial charge in [0, 0.05) is 31.2 Å². The number of aliphatic hydroxyl groups is 1. The Labute approximate surface area is 330 Å². The van der Waals surface area contributed by atoms with Crippen LogP contribution in [0.4, 0.5) is 0 Å². The number of carbonyl (C=O) groups excluding carboxylic acids is 5. The largest absolute Gasteiger partial charge is 0.484 e. The van der Waals surface area contributed by atoms with Crippen LogP contribution in [0.2, 0.25) is 0 Å². The smallest absolute Gasteiger partial charge is 0.303 e. The van der Waals surface area contributed by atoms with E-state index in [0.29, 0.717) is 24.3 Å². The Morgan fingerprint density at radius 2 is 1.50 bits per heavy atom. The zero-order valence-corrected chi connectivity index (χ0v) is 33.6. The molecule has 7 atom stereocenters. The second-order valence-corrected chi connectivity index (χ2v) is 15.0. The van der Waals surface area contributed by atoms with Crippen molar-refractivity contribution in [2.75, 3.05) is 13.2 Å². The van der Waals surface area contributed by atoms with Gasteiger partial charge in [0.2, 0.25) is 17.7 Å². The molecule has 0 aliphatic carbocycles. The first-order valence-electron chi connectivity index (χ1n) is 19.4. The standard InChI is InChI=1S/C42H60N6O8/c1-8-28(6)39(42(54)44-23-37(56-29(7)49)30-15-11-9-12-16-30)48-40(52)33(27(4)5)21-36(50)34(19-26(2)3)47-41(53)35(20-31-22-43-25-45-31)46-38(51)24-55-32-17-13-10-14-18-32/h9-18,22,25-28,33-37,39,50H,8,19-21,23-24H2,1-7H3,(H,43,45)(H,44,54)(H,46,51)(H,47,53)(H,48,52). The minimum atomic E-state index is -1.14. The van der Waals surface area contributed by atoms with E-state index in [2.05, 4.69) is 31.2 Å². The number of carbonyl (C=O) groups is 5. The Morgan fingerprint density at radius 3 is 2.07 bits per heavy atom. The minimum Gasteiger partial charge on any atom is -0.484 e. The molecule has 306 valence electrons. The molecule has 0 bridgehead atoms. The number of nitrogens with one attached hydrogen (secondary N) is 5. The van der Waals surface area contributed by atoms with Crippen LogP contribution in [0.5, 0.6) is 5.75 Å². The van der Waals surface area contributed by atoms with E-state index in [-0.39, 0.29) is 43.7 Å². The van der Waals surface area contributed by atoms with Gasteiger partial charge in [-0.1, -0.05) is 96.5 Å². The highest BCUT2D eigenvalue weighted by atomic mass is 16.5. The van der Waals surface area contributed by atoms with E-state index in [1.54, 1.807) is 42.6 Å². The van der Waals surface area contributed by atoms with Crippen molar-refractivity contribution in [3.63, 3.8) is 0 Å². The van der Waals surface area contributed by atoms with Crippen LogP contribution in [0, 0.1) is 23.7 Å². The number of aromatic nitrogens is 2. The van der Waals surface area contributed by atoms with Crippen LogP contribution in [0.25, 0.3) is 0 Å². The molecule has 0 radical (unpaired) electrons. The van der Waals surface area contributed by atoms with Gasteiger partial charge >= 0.3 is 5.97 Å². The molecule has 0 spiro atoms. The van der Waals surface area contributed by atoms with E-state index in [0.717, 1.165) is 5.56 Å². The third kappa shape index (κ3) is 15.1. The molecule has 1 aromatic heterocycles. The van der Waals surface area contributed by atoms with Crippen LogP contribution in [0.3, 0.4) is 0 Å². The normalized spacial score (nSPS) is 15.0. The maximum absolute atomic E-state index is 14.0. The quantitative estimate of drug-likeness (QED) is 0.0770. The molecular formula is C42H60N6O8. The predicted molar refractivity (Wildman–Crippen MR) is 212 cm³/mol. The van der Waals surface area contributed by atoms with Gasteiger partial charge in [0.25, 0.3) is 5.91 Å². The minimum absolute atomic E-state index is 0.00103. The number of hydrogen-bond donors (Lipinski definition) is 6. The van der Waals surface area contributed by atoms with Gasteiger partial charge in [-0.05, 0) is 48.3 Å². The Hall–Kier alpha value is -5.24. The summed E-state index contributed by atoms with van der Waals surface area (Å²) in [6.45, 7) is 12.4. The number of para-hydroxylation sites is 1. The number of aliphatic hydroxyl groups excluding tert-OH is 1. The maximum Gasteiger partial charge on any atom is 0.303 e. The number of benzene rings is 2. The number of amides is 4. The van der Waals surface area contributed by atoms with Crippen LogP contribution in [0.1, 0.15) is 85.1 Å². The van der Waals surface area contributed by atoms with Crippen molar-refractivity contribution >= 4 is 29.6 Å². The summed E-state index contributed by atoms with van der Waals surface area (Å²) < 4.78 is 11.1. The molecule has 3 aromatic rings. The first-order valence-corrected chi connectivity index (χ1v) is 19.4. The van der Waals surface area contributed by atoms with E-state index >= 15 is 0 Å². The van der Waals surface area contributed by atoms with Gasteiger partial charge in [-0.25, -0.2) is 4.98 Å². The average molecular weight is 777 g/mol. The first kappa shape index (κ1) is 45.2. The number of aromatic amines is 1. The van der Waals surface area contributed by atoms with Crippen molar-refractivity contribution in [2.45, 2.75) is 104 Å². The van der Waals surface area contributed by atoms with Crippen LogP contribution < -0.4 is 26.0 Å². The van der Waals surface area contributed by atoms with Crippen LogP contribution >= 0.6 is 0 Å². The molecule has 14 heteroatoms. The average Bonchev–Trinajstić information content (AvgIpc) is 3.69. The Kier molecular flexibility index (Phi) is 18.5. The van der Waals surface area contributed by atoms with Gasteiger partial charge in [-0.15, -0.1) is 0 Å². The topological polar surface area (TPSA) is 201 Å². The van der Waals surface area contributed by atoms with Crippen molar-refractivity contribution in [1.29, 1.82) is 0 Å². The van der Waals surface area contributed by atoms with Crippen molar-refractivity contribution in [1.82, 2.24) is 31.2 Å². The SMILES string of the molecule is CCC(C)C(NC(=O)C(CC(O)C(CC(C)C)NC(=O)C(Cc1cnc[nH]1)NC(=O)COc1ccccc1)C(C)C)C(=O)NCC(OC(C)=O)c1ccccc1. The molecule has 14 nitrogen and oxygen atoms in total. The lowest BCUT2D eigenvalue weighted by atomic mass is 9.85. The molecule has 1 heterocycles. The molecule has 3 rings (SSSR count). The summed E-state index contributed by atoms with van der Waals surface area (Å²) in [5, 5.41) is 23.2. The summed E-state index contributed by atoms with van der Waals surface area (Å²) in [6.07, 6.45) is 2.28. The summed E-state index contributed by atoms with van der Waals surface area (Å²) in [5.74, 6) is -2.96. The molecule has 0 aliphatic heterocycles. The Balaban J connectivity index is 1.73. The second kappa shape index (κ2) is 23.0. The summed E-state index contributed by atoms with van der Waals surface area (Å²) in [6, 6.07) is 15.2. The third-order valence-electron chi connectivity index (χ3n) is 9.63. The van der Waals surface area contributed by atoms with Gasteiger partial charge in [0.1, 0.15) is 23.9 Å². The van der Waals surface area contributed by atoms with E-state index < -0.39 is 65.8 Å². The van der Waals surface area contributed by atoms with Crippen LogP contribution in [0.15, 0.2) is 73.2 Å². The number of imidazole rings is 1. The molecule has 0 fully saturated rings. The lowest BCUT2D eigenvalue weighted by molar-refractivity contribution is -0.147. The van der Waals surface area contributed by atoms with Crippen molar-refractivity contribution < 1.29 is 38.6 Å². The monoisotopic (exact) mass is 776 g/mol. The van der Waals surface area contributed by atoms with Crippen LogP contribution in [-0.2, 0) is 35.1 Å². The van der Waals surface area contributed by atoms with Gasteiger partial charge in [-0.2, -0.15) is 0 Å². The molecular weight excluding hydrogens is 716 g/mol. The fraction of sp³-hybridized carbons (Fsp3) is 0.524. The fourth-order valence-electron chi connectivity index (χ4n) is 6.30. The molecule has 2 aromatic carbocycles. The van der Waals surface area contributed by atoms with Gasteiger partial charge in [0.05, 0.1) is 25.0 Å². The lowest BCUT2D eigenvalue weighted by Crippen LogP contribution is -2.55. The molecule has 4 amide bonds.